The maximum absolute atomic E-state index is 5.85. The highest BCUT2D eigenvalue weighted by atomic mass is 15.1. The second-order valence-corrected chi connectivity index (χ2v) is 5.93. The van der Waals surface area contributed by atoms with Crippen molar-refractivity contribution in [1.82, 2.24) is 19.5 Å². The molecular formula is C16H24N6. The molecule has 1 saturated carbocycles. The van der Waals surface area contributed by atoms with E-state index in [1.165, 1.54) is 0 Å². The molecule has 118 valence electrons. The quantitative estimate of drug-likeness (QED) is 0.764. The van der Waals surface area contributed by atoms with Crippen LogP contribution in [-0.4, -0.2) is 32.1 Å². The third-order valence-corrected chi connectivity index (χ3v) is 4.28. The van der Waals surface area contributed by atoms with Crippen molar-refractivity contribution in [3.8, 4) is 0 Å². The fourth-order valence-electron chi connectivity index (χ4n) is 2.92. The van der Waals surface area contributed by atoms with E-state index in [0.29, 0.717) is 12.0 Å². The van der Waals surface area contributed by atoms with Crippen LogP contribution >= 0.6 is 0 Å². The molecule has 1 fully saturated rings. The molecule has 2 heterocycles. The number of aryl methyl sites for hydroxylation is 2. The zero-order chi connectivity index (χ0) is 15.4. The fourth-order valence-corrected chi connectivity index (χ4v) is 2.92. The van der Waals surface area contributed by atoms with Crippen LogP contribution in [0.5, 0.6) is 0 Å². The Kier molecular flexibility index (Phi) is 4.68. The summed E-state index contributed by atoms with van der Waals surface area (Å²) in [7, 11) is 0. The van der Waals surface area contributed by atoms with E-state index >= 15 is 0 Å². The SMILES string of the molecule is CCc1nccn1CCCNc1cc(C2CC(N)C2)ncn1. The first-order valence-electron chi connectivity index (χ1n) is 8.07. The van der Waals surface area contributed by atoms with E-state index in [1.807, 2.05) is 12.4 Å². The third-order valence-electron chi connectivity index (χ3n) is 4.28. The number of nitrogens with two attached hydrogens (primary N) is 1. The zero-order valence-corrected chi connectivity index (χ0v) is 13.1. The second-order valence-electron chi connectivity index (χ2n) is 5.93. The Bertz CT molecular complexity index is 602. The van der Waals surface area contributed by atoms with Crippen LogP contribution in [0.15, 0.2) is 24.8 Å². The molecule has 0 aliphatic heterocycles. The minimum Gasteiger partial charge on any atom is -0.370 e. The molecule has 3 N–H and O–H groups in total. The van der Waals surface area contributed by atoms with Gasteiger partial charge < -0.3 is 15.6 Å². The highest BCUT2D eigenvalue weighted by molar-refractivity contribution is 5.36. The van der Waals surface area contributed by atoms with Crippen LogP contribution < -0.4 is 11.1 Å². The molecule has 0 bridgehead atoms. The minimum absolute atomic E-state index is 0.347. The molecule has 0 saturated heterocycles. The molecule has 1 aliphatic carbocycles. The monoisotopic (exact) mass is 300 g/mol. The molecule has 6 heteroatoms. The van der Waals surface area contributed by atoms with Crippen molar-refractivity contribution in [2.75, 3.05) is 11.9 Å². The Labute approximate surface area is 131 Å². The molecule has 22 heavy (non-hydrogen) atoms. The van der Waals surface area contributed by atoms with Crippen LogP contribution in [0.1, 0.15) is 43.6 Å². The summed E-state index contributed by atoms with van der Waals surface area (Å²) in [5, 5.41) is 3.38. The Morgan fingerprint density at radius 2 is 2.18 bits per heavy atom. The van der Waals surface area contributed by atoms with Gasteiger partial charge in [-0.25, -0.2) is 15.0 Å². The Morgan fingerprint density at radius 3 is 2.95 bits per heavy atom. The van der Waals surface area contributed by atoms with Gasteiger partial charge in [-0.2, -0.15) is 0 Å². The van der Waals surface area contributed by atoms with Crippen molar-refractivity contribution >= 4 is 5.82 Å². The maximum Gasteiger partial charge on any atom is 0.129 e. The molecule has 2 aromatic heterocycles. The number of nitrogens with one attached hydrogen (secondary N) is 1. The van der Waals surface area contributed by atoms with Gasteiger partial charge in [-0.05, 0) is 19.3 Å². The summed E-state index contributed by atoms with van der Waals surface area (Å²) in [6.07, 6.45) is 9.64. The summed E-state index contributed by atoms with van der Waals surface area (Å²) < 4.78 is 2.21. The van der Waals surface area contributed by atoms with Gasteiger partial charge in [-0.3, -0.25) is 0 Å². The second kappa shape index (κ2) is 6.87. The van der Waals surface area contributed by atoms with Crippen molar-refractivity contribution in [2.24, 2.45) is 5.73 Å². The number of aromatic nitrogens is 4. The van der Waals surface area contributed by atoms with Gasteiger partial charge in [0.2, 0.25) is 0 Å². The highest BCUT2D eigenvalue weighted by Gasteiger charge is 2.28. The van der Waals surface area contributed by atoms with E-state index in [0.717, 1.165) is 56.1 Å². The van der Waals surface area contributed by atoms with E-state index in [2.05, 4.69) is 37.8 Å². The highest BCUT2D eigenvalue weighted by Crippen LogP contribution is 2.34. The maximum atomic E-state index is 5.85. The lowest BCUT2D eigenvalue weighted by atomic mass is 9.79. The molecular weight excluding hydrogens is 276 g/mol. The Morgan fingerprint density at radius 1 is 1.32 bits per heavy atom. The van der Waals surface area contributed by atoms with Crippen molar-refractivity contribution in [1.29, 1.82) is 0 Å². The number of hydrogen-bond donors (Lipinski definition) is 2. The van der Waals surface area contributed by atoms with Crippen LogP contribution in [0.4, 0.5) is 5.82 Å². The van der Waals surface area contributed by atoms with Gasteiger partial charge in [-0.15, -0.1) is 0 Å². The summed E-state index contributed by atoms with van der Waals surface area (Å²) >= 11 is 0. The lowest BCUT2D eigenvalue weighted by molar-refractivity contribution is 0.345. The van der Waals surface area contributed by atoms with Gasteiger partial charge in [0.15, 0.2) is 0 Å². The number of rotatable bonds is 7. The molecule has 0 spiro atoms. The predicted molar refractivity (Wildman–Crippen MR) is 86.7 cm³/mol. The van der Waals surface area contributed by atoms with Crippen LogP contribution in [-0.2, 0) is 13.0 Å². The van der Waals surface area contributed by atoms with Gasteiger partial charge in [-0.1, -0.05) is 6.92 Å². The molecule has 0 radical (unpaired) electrons. The van der Waals surface area contributed by atoms with Crippen molar-refractivity contribution in [3.05, 3.63) is 36.3 Å². The smallest absolute Gasteiger partial charge is 0.129 e. The zero-order valence-electron chi connectivity index (χ0n) is 13.1. The third kappa shape index (κ3) is 3.44. The Hall–Kier alpha value is -1.95. The standard InChI is InChI=1S/C16H24N6/c1-2-16-19-5-7-22(16)6-3-4-18-15-10-14(20-11-21-15)12-8-13(17)9-12/h5,7,10-13H,2-4,6,8-9,17H2,1H3,(H,18,20,21). The Balaban J connectivity index is 1.46. The number of nitrogens with zero attached hydrogens (tertiary/aromatic N) is 4. The van der Waals surface area contributed by atoms with E-state index < -0.39 is 0 Å². The summed E-state index contributed by atoms with van der Waals surface area (Å²) in [5.41, 5.74) is 6.96. The first-order valence-corrected chi connectivity index (χ1v) is 8.07. The number of imidazole rings is 1. The molecule has 6 nitrogen and oxygen atoms in total. The summed E-state index contributed by atoms with van der Waals surface area (Å²) in [4.78, 5) is 13.0. The van der Waals surface area contributed by atoms with Crippen molar-refractivity contribution in [3.63, 3.8) is 0 Å². The van der Waals surface area contributed by atoms with Gasteiger partial charge in [0.1, 0.15) is 18.0 Å². The lowest BCUT2D eigenvalue weighted by Crippen LogP contribution is -2.35. The van der Waals surface area contributed by atoms with Crippen LogP contribution in [0.25, 0.3) is 0 Å². The minimum atomic E-state index is 0.347. The van der Waals surface area contributed by atoms with E-state index in [1.54, 1.807) is 6.33 Å². The normalized spacial score (nSPS) is 20.6. The van der Waals surface area contributed by atoms with E-state index in [9.17, 15) is 0 Å². The summed E-state index contributed by atoms with van der Waals surface area (Å²) in [5.74, 6) is 2.56. The lowest BCUT2D eigenvalue weighted by Gasteiger charge is -2.31. The number of hydrogen-bond acceptors (Lipinski definition) is 5. The molecule has 1 aliphatic rings. The van der Waals surface area contributed by atoms with Gasteiger partial charge in [0.05, 0.1) is 0 Å². The van der Waals surface area contributed by atoms with E-state index in [4.69, 9.17) is 5.73 Å². The molecule has 0 atom stereocenters. The fraction of sp³-hybridized carbons (Fsp3) is 0.562. The van der Waals surface area contributed by atoms with Crippen LogP contribution in [0.2, 0.25) is 0 Å². The number of anilines is 1. The molecule has 3 rings (SSSR count). The van der Waals surface area contributed by atoms with Crippen LogP contribution in [0, 0.1) is 0 Å². The average molecular weight is 300 g/mol. The summed E-state index contributed by atoms with van der Waals surface area (Å²) in [6.45, 7) is 4.00. The molecule has 0 aromatic carbocycles. The van der Waals surface area contributed by atoms with Gasteiger partial charge in [0, 0.05) is 55.6 Å². The van der Waals surface area contributed by atoms with Gasteiger partial charge >= 0.3 is 0 Å². The first-order chi connectivity index (χ1) is 10.8. The molecule has 0 unspecified atom stereocenters. The average Bonchev–Trinajstić information content (AvgIpc) is 2.96. The predicted octanol–water partition coefficient (Wildman–Crippen LogP) is 1.94. The van der Waals surface area contributed by atoms with E-state index in [-0.39, 0.29) is 0 Å². The first kappa shape index (κ1) is 15.0. The van der Waals surface area contributed by atoms with Crippen LogP contribution in [0.3, 0.4) is 0 Å². The topological polar surface area (TPSA) is 81.7 Å². The largest absolute Gasteiger partial charge is 0.370 e. The summed E-state index contributed by atoms with van der Waals surface area (Å²) in [6, 6.07) is 2.41. The molecule has 0 amide bonds. The van der Waals surface area contributed by atoms with Crippen molar-refractivity contribution in [2.45, 2.75) is 51.1 Å². The molecule has 2 aromatic rings. The van der Waals surface area contributed by atoms with Gasteiger partial charge in [0.25, 0.3) is 0 Å². The van der Waals surface area contributed by atoms with Crippen molar-refractivity contribution < 1.29 is 0 Å².